The molecule has 1 heterocycles. The van der Waals surface area contributed by atoms with Gasteiger partial charge in [-0.3, -0.25) is 11.3 Å². The van der Waals surface area contributed by atoms with Crippen LogP contribution in [-0.4, -0.2) is 11.2 Å². The molecule has 0 aromatic carbocycles. The van der Waals surface area contributed by atoms with E-state index in [9.17, 15) is 13.2 Å². The summed E-state index contributed by atoms with van der Waals surface area (Å²) in [5, 5.41) is 0.897. The van der Waals surface area contributed by atoms with Crippen LogP contribution in [0.1, 0.15) is 40.9 Å². The normalized spacial score (nSPS) is 14.0. The van der Waals surface area contributed by atoms with Crippen LogP contribution in [0.3, 0.4) is 0 Å². The SMILES string of the molecule is Cc1nc(C)c(C(CCCC(F)(F)F)NN)s1. The quantitative estimate of drug-likeness (QED) is 0.637. The average Bonchev–Trinajstić information content (AvgIpc) is 2.51. The van der Waals surface area contributed by atoms with Gasteiger partial charge in [0.2, 0.25) is 0 Å². The minimum atomic E-state index is -4.10. The lowest BCUT2D eigenvalue weighted by molar-refractivity contribution is -0.135. The van der Waals surface area contributed by atoms with Crippen LogP contribution in [-0.2, 0) is 0 Å². The second-order valence-corrected chi connectivity index (χ2v) is 5.14. The first kappa shape index (κ1) is 14.4. The minimum Gasteiger partial charge on any atom is -0.271 e. The number of halogens is 3. The monoisotopic (exact) mass is 267 g/mol. The van der Waals surface area contributed by atoms with Crippen molar-refractivity contribution in [2.24, 2.45) is 5.84 Å². The van der Waals surface area contributed by atoms with E-state index in [2.05, 4.69) is 10.4 Å². The number of nitrogens with two attached hydrogens (primary N) is 1. The number of aryl methyl sites for hydroxylation is 2. The third-order valence-electron chi connectivity index (χ3n) is 2.41. The van der Waals surface area contributed by atoms with E-state index >= 15 is 0 Å². The third kappa shape index (κ3) is 4.61. The highest BCUT2D eigenvalue weighted by Crippen LogP contribution is 2.30. The maximum absolute atomic E-state index is 12.0. The van der Waals surface area contributed by atoms with Gasteiger partial charge in [-0.2, -0.15) is 13.2 Å². The van der Waals surface area contributed by atoms with Gasteiger partial charge >= 0.3 is 6.18 Å². The van der Waals surface area contributed by atoms with Crippen molar-refractivity contribution in [3.8, 4) is 0 Å². The van der Waals surface area contributed by atoms with Crippen LogP contribution in [0.15, 0.2) is 0 Å². The molecule has 0 radical (unpaired) electrons. The molecule has 0 aliphatic rings. The Morgan fingerprint density at radius 3 is 2.47 bits per heavy atom. The van der Waals surface area contributed by atoms with Crippen LogP contribution in [0.2, 0.25) is 0 Å². The smallest absolute Gasteiger partial charge is 0.271 e. The molecule has 0 spiro atoms. The first-order chi connectivity index (χ1) is 7.83. The Hall–Kier alpha value is -0.660. The molecule has 7 heteroatoms. The highest BCUT2D eigenvalue weighted by molar-refractivity contribution is 7.11. The third-order valence-corrected chi connectivity index (χ3v) is 3.60. The lowest BCUT2D eigenvalue weighted by Gasteiger charge is -2.15. The predicted molar refractivity (Wildman–Crippen MR) is 61.6 cm³/mol. The molecule has 3 N–H and O–H groups in total. The molecule has 0 aliphatic heterocycles. The minimum absolute atomic E-state index is 0.0642. The number of alkyl halides is 3. The number of hydrazine groups is 1. The summed E-state index contributed by atoms with van der Waals surface area (Å²) >= 11 is 1.47. The number of thiazole rings is 1. The van der Waals surface area contributed by atoms with Crippen LogP contribution in [0, 0.1) is 13.8 Å². The van der Waals surface area contributed by atoms with Crippen molar-refractivity contribution in [3.63, 3.8) is 0 Å². The van der Waals surface area contributed by atoms with E-state index < -0.39 is 12.6 Å². The molecule has 3 nitrogen and oxygen atoms in total. The van der Waals surface area contributed by atoms with Crippen LogP contribution in [0.5, 0.6) is 0 Å². The van der Waals surface area contributed by atoms with Gasteiger partial charge in [0.25, 0.3) is 0 Å². The molecule has 1 rings (SSSR count). The van der Waals surface area contributed by atoms with Crippen LogP contribution >= 0.6 is 11.3 Å². The summed E-state index contributed by atoms with van der Waals surface area (Å²) in [6, 6.07) is -0.247. The maximum Gasteiger partial charge on any atom is 0.389 e. The summed E-state index contributed by atoms with van der Waals surface area (Å²) in [7, 11) is 0. The highest BCUT2D eigenvalue weighted by atomic mass is 32.1. The standard InChI is InChI=1S/C10H16F3N3S/c1-6-9(17-7(2)15-6)8(16-14)4-3-5-10(11,12)13/h8,16H,3-5,14H2,1-2H3. The van der Waals surface area contributed by atoms with E-state index in [4.69, 9.17) is 5.84 Å². The number of hydrogen-bond donors (Lipinski definition) is 2. The molecular formula is C10H16F3N3S. The summed E-state index contributed by atoms with van der Waals surface area (Å²) in [5.41, 5.74) is 3.40. The summed E-state index contributed by atoms with van der Waals surface area (Å²) in [4.78, 5) is 5.16. The summed E-state index contributed by atoms with van der Waals surface area (Å²) in [6.07, 6.45) is -4.45. The van der Waals surface area contributed by atoms with Crippen molar-refractivity contribution < 1.29 is 13.2 Å². The first-order valence-corrected chi connectivity index (χ1v) is 6.12. The van der Waals surface area contributed by atoms with Crippen LogP contribution < -0.4 is 11.3 Å². The van der Waals surface area contributed by atoms with E-state index in [-0.39, 0.29) is 12.5 Å². The Balaban J connectivity index is 2.57. The fraction of sp³-hybridized carbons (Fsp3) is 0.700. The molecule has 1 aromatic heterocycles. The second kappa shape index (κ2) is 5.79. The average molecular weight is 267 g/mol. The Bertz CT molecular complexity index is 362. The van der Waals surface area contributed by atoms with Gasteiger partial charge in [0.1, 0.15) is 0 Å². The van der Waals surface area contributed by atoms with E-state index in [1.54, 1.807) is 0 Å². The zero-order valence-electron chi connectivity index (χ0n) is 9.77. The Labute approximate surface area is 102 Å². The molecule has 1 atom stereocenters. The highest BCUT2D eigenvalue weighted by Gasteiger charge is 2.27. The second-order valence-electron chi connectivity index (χ2n) is 3.91. The van der Waals surface area contributed by atoms with E-state index in [0.29, 0.717) is 6.42 Å². The molecular weight excluding hydrogens is 251 g/mol. The predicted octanol–water partition coefficient (Wildman–Crippen LogP) is 3.00. The first-order valence-electron chi connectivity index (χ1n) is 5.30. The van der Waals surface area contributed by atoms with Crippen molar-refractivity contribution >= 4 is 11.3 Å². The van der Waals surface area contributed by atoms with Crippen molar-refractivity contribution in [1.29, 1.82) is 0 Å². The number of nitrogens with zero attached hydrogens (tertiary/aromatic N) is 1. The molecule has 1 unspecified atom stereocenters. The zero-order valence-corrected chi connectivity index (χ0v) is 10.6. The summed E-state index contributed by atoms with van der Waals surface area (Å²) in [6.45, 7) is 3.71. The molecule has 0 aliphatic carbocycles. The van der Waals surface area contributed by atoms with Crippen molar-refractivity contribution in [2.75, 3.05) is 0 Å². The summed E-state index contributed by atoms with van der Waals surface area (Å²) < 4.78 is 36.1. The van der Waals surface area contributed by atoms with Crippen LogP contribution in [0.25, 0.3) is 0 Å². The van der Waals surface area contributed by atoms with Gasteiger partial charge in [0, 0.05) is 11.3 Å². The van der Waals surface area contributed by atoms with Crippen molar-refractivity contribution in [2.45, 2.75) is 45.3 Å². The van der Waals surface area contributed by atoms with Gasteiger partial charge in [-0.25, -0.2) is 4.98 Å². The zero-order chi connectivity index (χ0) is 13.1. The maximum atomic E-state index is 12.0. The molecule has 98 valence electrons. The molecule has 0 amide bonds. The fourth-order valence-electron chi connectivity index (χ4n) is 1.67. The van der Waals surface area contributed by atoms with Gasteiger partial charge in [0.15, 0.2) is 0 Å². The number of aromatic nitrogens is 1. The van der Waals surface area contributed by atoms with Crippen molar-refractivity contribution in [1.82, 2.24) is 10.4 Å². The largest absolute Gasteiger partial charge is 0.389 e. The van der Waals surface area contributed by atoms with Gasteiger partial charge in [-0.1, -0.05) is 0 Å². The molecule has 0 bridgehead atoms. The molecule has 0 saturated carbocycles. The van der Waals surface area contributed by atoms with E-state index in [1.165, 1.54) is 11.3 Å². The molecule has 0 fully saturated rings. The van der Waals surface area contributed by atoms with E-state index in [1.807, 2.05) is 13.8 Å². The van der Waals surface area contributed by atoms with Crippen LogP contribution in [0.4, 0.5) is 13.2 Å². The van der Waals surface area contributed by atoms with E-state index in [0.717, 1.165) is 15.6 Å². The van der Waals surface area contributed by atoms with Gasteiger partial charge in [0.05, 0.1) is 16.7 Å². The topological polar surface area (TPSA) is 50.9 Å². The lowest BCUT2D eigenvalue weighted by Crippen LogP contribution is -2.28. The molecule has 0 saturated heterocycles. The molecule has 1 aromatic rings. The summed E-state index contributed by atoms with van der Waals surface area (Å²) in [5.74, 6) is 5.38. The molecule has 17 heavy (non-hydrogen) atoms. The number of nitrogens with one attached hydrogen (secondary N) is 1. The fourth-order valence-corrected chi connectivity index (χ4v) is 2.69. The van der Waals surface area contributed by atoms with Gasteiger partial charge in [-0.15, -0.1) is 11.3 Å². The Morgan fingerprint density at radius 1 is 1.41 bits per heavy atom. The Morgan fingerprint density at radius 2 is 2.06 bits per heavy atom. The Kier molecular flexibility index (Phi) is 4.91. The van der Waals surface area contributed by atoms with Crippen molar-refractivity contribution in [3.05, 3.63) is 15.6 Å². The van der Waals surface area contributed by atoms with Gasteiger partial charge in [-0.05, 0) is 26.7 Å². The number of rotatable bonds is 5. The van der Waals surface area contributed by atoms with Gasteiger partial charge < -0.3 is 0 Å². The number of hydrogen-bond acceptors (Lipinski definition) is 4. The lowest BCUT2D eigenvalue weighted by atomic mass is 10.1.